The van der Waals surface area contributed by atoms with E-state index in [9.17, 15) is 0 Å². The van der Waals surface area contributed by atoms with Crippen LogP contribution in [0.25, 0.3) is 11.0 Å². The van der Waals surface area contributed by atoms with E-state index in [0.717, 1.165) is 23.1 Å². The van der Waals surface area contributed by atoms with Gasteiger partial charge in [-0.1, -0.05) is 49.7 Å². The minimum Gasteiger partial charge on any atom is -0.338 e. The Balaban J connectivity index is 1.88. The van der Waals surface area contributed by atoms with Gasteiger partial charge in [-0.3, -0.25) is 0 Å². The van der Waals surface area contributed by atoms with Crippen molar-refractivity contribution in [3.8, 4) is 0 Å². The zero-order valence-corrected chi connectivity index (χ0v) is 13.4. The van der Waals surface area contributed by atoms with Crippen molar-refractivity contribution in [2.75, 3.05) is 5.32 Å². The average Bonchev–Trinajstić information content (AvgIpc) is 2.55. The first-order valence-corrected chi connectivity index (χ1v) is 7.84. The van der Waals surface area contributed by atoms with Gasteiger partial charge in [0.25, 0.3) is 0 Å². The Morgan fingerprint density at radius 1 is 1.00 bits per heavy atom. The van der Waals surface area contributed by atoms with E-state index in [-0.39, 0.29) is 0 Å². The third kappa shape index (κ3) is 3.04. The van der Waals surface area contributed by atoms with Crippen LogP contribution in [-0.4, -0.2) is 9.97 Å². The largest absolute Gasteiger partial charge is 0.338 e. The number of nitrogens with zero attached hydrogens (tertiary/aromatic N) is 2. The van der Waals surface area contributed by atoms with Gasteiger partial charge in [-0.15, -0.1) is 0 Å². The zero-order valence-electron chi connectivity index (χ0n) is 12.7. The van der Waals surface area contributed by atoms with Gasteiger partial charge in [-0.05, 0) is 42.2 Å². The second kappa shape index (κ2) is 6.32. The summed E-state index contributed by atoms with van der Waals surface area (Å²) in [6, 6.07) is 16.1. The predicted molar refractivity (Wildman–Crippen MR) is 93.0 cm³/mol. The summed E-state index contributed by atoms with van der Waals surface area (Å²) < 4.78 is 0. The van der Waals surface area contributed by atoms with Crippen LogP contribution in [0.3, 0.4) is 0 Å². The van der Waals surface area contributed by atoms with Gasteiger partial charge in [0.2, 0.25) is 0 Å². The molecular weight excluding hydrogens is 294 g/mol. The lowest BCUT2D eigenvalue weighted by atomic mass is 9.99. The minimum absolute atomic E-state index is 0.379. The highest BCUT2D eigenvalue weighted by atomic mass is 35.5. The van der Waals surface area contributed by atoms with E-state index < -0.39 is 0 Å². The summed E-state index contributed by atoms with van der Waals surface area (Å²) in [5.41, 5.74) is 3.91. The Kier molecular flexibility index (Phi) is 4.25. The maximum absolute atomic E-state index is 6.22. The Bertz CT molecular complexity index is 784. The number of rotatable bonds is 4. The van der Waals surface area contributed by atoms with Gasteiger partial charge in [0.15, 0.2) is 11.0 Å². The maximum Gasteiger partial charge on any atom is 0.172 e. The zero-order chi connectivity index (χ0) is 15.5. The molecule has 3 aromatic rings. The number of halogens is 1. The fraction of sp³-hybridized carbons (Fsp3) is 0.222. The molecule has 1 aromatic heterocycles. The minimum atomic E-state index is 0.379. The molecular formula is C18H18ClN3. The summed E-state index contributed by atoms with van der Waals surface area (Å²) in [5, 5.41) is 3.62. The molecule has 0 aliphatic rings. The molecule has 112 valence electrons. The first-order chi connectivity index (χ1) is 10.7. The number of hydrogen-bond acceptors (Lipinski definition) is 3. The number of para-hydroxylation sites is 2. The highest BCUT2D eigenvalue weighted by molar-refractivity contribution is 6.32. The molecule has 3 nitrogen and oxygen atoms in total. The van der Waals surface area contributed by atoms with Gasteiger partial charge in [0, 0.05) is 5.69 Å². The maximum atomic E-state index is 6.22. The summed E-state index contributed by atoms with van der Waals surface area (Å²) in [7, 11) is 0. The van der Waals surface area contributed by atoms with Crippen LogP contribution in [0.4, 0.5) is 11.5 Å². The van der Waals surface area contributed by atoms with Crippen molar-refractivity contribution >= 4 is 34.1 Å². The van der Waals surface area contributed by atoms with Gasteiger partial charge in [-0.2, -0.15) is 0 Å². The Morgan fingerprint density at radius 3 is 2.27 bits per heavy atom. The van der Waals surface area contributed by atoms with Gasteiger partial charge < -0.3 is 5.32 Å². The molecule has 2 aromatic carbocycles. The molecule has 1 N–H and O–H groups in total. The van der Waals surface area contributed by atoms with Crippen LogP contribution in [0.5, 0.6) is 0 Å². The molecule has 22 heavy (non-hydrogen) atoms. The van der Waals surface area contributed by atoms with E-state index in [1.54, 1.807) is 0 Å². The van der Waals surface area contributed by atoms with Crippen LogP contribution in [0, 0.1) is 0 Å². The van der Waals surface area contributed by atoms with Gasteiger partial charge in [-0.25, -0.2) is 9.97 Å². The van der Waals surface area contributed by atoms with E-state index in [0.29, 0.717) is 16.9 Å². The molecule has 0 saturated carbocycles. The number of anilines is 2. The molecule has 4 heteroatoms. The van der Waals surface area contributed by atoms with E-state index in [1.807, 2.05) is 24.3 Å². The van der Waals surface area contributed by atoms with Crippen molar-refractivity contribution in [2.45, 2.75) is 26.2 Å². The average molecular weight is 312 g/mol. The van der Waals surface area contributed by atoms with Crippen LogP contribution in [0.15, 0.2) is 48.5 Å². The molecule has 0 fully saturated rings. The van der Waals surface area contributed by atoms with Crippen molar-refractivity contribution in [1.82, 2.24) is 9.97 Å². The Hall–Kier alpha value is -2.13. The van der Waals surface area contributed by atoms with Crippen molar-refractivity contribution in [2.24, 2.45) is 0 Å². The SMILES string of the molecule is CCC(C)c1ccc(Nc2nc3ccccc3nc2Cl)cc1. The van der Waals surface area contributed by atoms with Gasteiger partial charge in [0.05, 0.1) is 11.0 Å². The van der Waals surface area contributed by atoms with Crippen molar-refractivity contribution in [3.63, 3.8) is 0 Å². The Morgan fingerprint density at radius 2 is 1.64 bits per heavy atom. The molecule has 0 amide bonds. The molecule has 1 heterocycles. The highest BCUT2D eigenvalue weighted by Crippen LogP contribution is 2.26. The van der Waals surface area contributed by atoms with E-state index in [4.69, 9.17) is 11.6 Å². The molecule has 0 spiro atoms. The lowest BCUT2D eigenvalue weighted by molar-refractivity contribution is 0.734. The molecule has 0 aliphatic carbocycles. The predicted octanol–water partition coefficient (Wildman–Crippen LogP) is 5.54. The summed E-state index contributed by atoms with van der Waals surface area (Å²) in [5.74, 6) is 1.15. The third-order valence-electron chi connectivity index (χ3n) is 3.88. The fourth-order valence-corrected chi connectivity index (χ4v) is 2.51. The van der Waals surface area contributed by atoms with Crippen molar-refractivity contribution in [3.05, 3.63) is 59.2 Å². The molecule has 3 rings (SSSR count). The first-order valence-electron chi connectivity index (χ1n) is 7.46. The standard InChI is InChI=1S/C18H18ClN3/c1-3-12(2)13-8-10-14(11-9-13)20-18-17(19)21-15-6-4-5-7-16(15)22-18/h4-12H,3H2,1-2H3,(H,20,22). The van der Waals surface area contributed by atoms with E-state index in [2.05, 4.69) is 53.4 Å². The molecule has 0 radical (unpaired) electrons. The second-order valence-electron chi connectivity index (χ2n) is 5.41. The molecule has 0 saturated heterocycles. The second-order valence-corrected chi connectivity index (χ2v) is 5.77. The third-order valence-corrected chi connectivity index (χ3v) is 4.15. The van der Waals surface area contributed by atoms with Crippen molar-refractivity contribution in [1.29, 1.82) is 0 Å². The Labute approximate surface area is 135 Å². The van der Waals surface area contributed by atoms with E-state index in [1.165, 1.54) is 5.56 Å². The summed E-state index contributed by atoms with van der Waals surface area (Å²) in [4.78, 5) is 8.91. The van der Waals surface area contributed by atoms with Crippen LogP contribution < -0.4 is 5.32 Å². The smallest absolute Gasteiger partial charge is 0.172 e. The van der Waals surface area contributed by atoms with E-state index >= 15 is 0 Å². The van der Waals surface area contributed by atoms with Crippen LogP contribution in [0.2, 0.25) is 5.15 Å². The van der Waals surface area contributed by atoms with Crippen LogP contribution in [-0.2, 0) is 0 Å². The fourth-order valence-electron chi connectivity index (χ4n) is 2.33. The number of benzene rings is 2. The molecule has 0 aliphatic heterocycles. The summed E-state index contributed by atoms with van der Waals surface area (Å²) in [6.45, 7) is 4.43. The van der Waals surface area contributed by atoms with Crippen LogP contribution in [0.1, 0.15) is 31.7 Å². The lowest BCUT2D eigenvalue weighted by Gasteiger charge is -2.11. The monoisotopic (exact) mass is 311 g/mol. The lowest BCUT2D eigenvalue weighted by Crippen LogP contribution is -1.98. The molecule has 1 atom stereocenters. The normalized spacial score (nSPS) is 12.3. The van der Waals surface area contributed by atoms with Crippen molar-refractivity contribution < 1.29 is 0 Å². The number of fused-ring (bicyclic) bond motifs is 1. The van der Waals surface area contributed by atoms with Crippen LogP contribution >= 0.6 is 11.6 Å². The number of aromatic nitrogens is 2. The van der Waals surface area contributed by atoms with Gasteiger partial charge in [0.1, 0.15) is 0 Å². The first kappa shape index (κ1) is 14.8. The number of hydrogen-bond donors (Lipinski definition) is 1. The highest BCUT2D eigenvalue weighted by Gasteiger charge is 2.08. The quantitative estimate of drug-likeness (QED) is 0.687. The molecule has 1 unspecified atom stereocenters. The summed E-state index contributed by atoms with van der Waals surface area (Å²) >= 11 is 6.22. The van der Waals surface area contributed by atoms with Gasteiger partial charge >= 0.3 is 0 Å². The molecule has 0 bridgehead atoms. The summed E-state index contributed by atoms with van der Waals surface area (Å²) in [6.07, 6.45) is 1.13. The number of nitrogens with one attached hydrogen (secondary N) is 1. The topological polar surface area (TPSA) is 37.8 Å².